The SMILES string of the molecule is CCC(CC)C(=O)NCC(=O)N1CCN(CC)CC1. The minimum atomic E-state index is 0.00513. The van der Waals surface area contributed by atoms with Crippen LogP contribution >= 0.6 is 0 Å². The highest BCUT2D eigenvalue weighted by molar-refractivity contribution is 5.85. The van der Waals surface area contributed by atoms with Gasteiger partial charge in [-0.05, 0) is 19.4 Å². The number of carbonyl (C=O) groups excluding carboxylic acids is 2. The van der Waals surface area contributed by atoms with Gasteiger partial charge in [0.1, 0.15) is 0 Å². The molecule has 0 radical (unpaired) electrons. The Morgan fingerprint density at radius 1 is 1.05 bits per heavy atom. The number of carbonyl (C=O) groups is 2. The van der Waals surface area contributed by atoms with Crippen LogP contribution in [-0.4, -0.2) is 60.9 Å². The lowest BCUT2D eigenvalue weighted by Crippen LogP contribution is -2.51. The Balaban J connectivity index is 2.30. The van der Waals surface area contributed by atoms with E-state index in [1.807, 2.05) is 18.7 Å². The van der Waals surface area contributed by atoms with Crippen LogP contribution in [0, 0.1) is 5.92 Å². The molecule has 1 N–H and O–H groups in total. The zero-order chi connectivity index (χ0) is 14.3. The summed E-state index contributed by atoms with van der Waals surface area (Å²) in [5.41, 5.74) is 0. The molecule has 110 valence electrons. The second kappa shape index (κ2) is 8.15. The van der Waals surface area contributed by atoms with Gasteiger partial charge in [0, 0.05) is 32.1 Å². The van der Waals surface area contributed by atoms with Crippen molar-refractivity contribution in [3.05, 3.63) is 0 Å². The van der Waals surface area contributed by atoms with Gasteiger partial charge in [0.2, 0.25) is 11.8 Å². The van der Waals surface area contributed by atoms with Crippen LogP contribution in [-0.2, 0) is 9.59 Å². The molecule has 1 aliphatic heterocycles. The Kier molecular flexibility index (Phi) is 6.84. The van der Waals surface area contributed by atoms with Crippen LogP contribution in [0.25, 0.3) is 0 Å². The summed E-state index contributed by atoms with van der Waals surface area (Å²) in [6.07, 6.45) is 1.65. The number of hydrogen-bond acceptors (Lipinski definition) is 3. The first-order valence-corrected chi connectivity index (χ1v) is 7.40. The van der Waals surface area contributed by atoms with E-state index in [0.29, 0.717) is 0 Å². The van der Waals surface area contributed by atoms with E-state index in [9.17, 15) is 9.59 Å². The summed E-state index contributed by atoms with van der Waals surface area (Å²) in [7, 11) is 0. The molecule has 1 rings (SSSR count). The number of amides is 2. The van der Waals surface area contributed by atoms with Crippen molar-refractivity contribution in [2.45, 2.75) is 33.6 Å². The van der Waals surface area contributed by atoms with Crippen molar-refractivity contribution in [2.75, 3.05) is 39.3 Å². The summed E-state index contributed by atoms with van der Waals surface area (Å²) < 4.78 is 0. The van der Waals surface area contributed by atoms with E-state index in [4.69, 9.17) is 0 Å². The second-order valence-corrected chi connectivity index (χ2v) is 5.05. The highest BCUT2D eigenvalue weighted by Gasteiger charge is 2.21. The molecule has 0 aromatic carbocycles. The summed E-state index contributed by atoms with van der Waals surface area (Å²) in [6, 6.07) is 0. The topological polar surface area (TPSA) is 52.7 Å². The Bertz CT molecular complexity index is 295. The average Bonchev–Trinajstić information content (AvgIpc) is 2.46. The number of nitrogens with zero attached hydrogens (tertiary/aromatic N) is 2. The van der Waals surface area contributed by atoms with Crippen LogP contribution in [0.4, 0.5) is 0 Å². The standard InChI is InChI=1S/C14H27N3O2/c1-4-12(5-2)14(19)15-11-13(18)17-9-7-16(6-3)8-10-17/h12H,4-11H2,1-3H3,(H,15,19). The van der Waals surface area contributed by atoms with Gasteiger partial charge in [-0.1, -0.05) is 20.8 Å². The molecule has 5 heteroatoms. The average molecular weight is 269 g/mol. The van der Waals surface area contributed by atoms with Gasteiger partial charge in [-0.3, -0.25) is 9.59 Å². The summed E-state index contributed by atoms with van der Waals surface area (Å²) in [4.78, 5) is 28.0. The molecule has 0 spiro atoms. The number of piperazine rings is 1. The minimum absolute atomic E-state index is 0.00513. The first-order chi connectivity index (χ1) is 9.12. The molecule has 0 bridgehead atoms. The van der Waals surface area contributed by atoms with Crippen molar-refractivity contribution < 1.29 is 9.59 Å². The Labute approximate surface area is 116 Å². The van der Waals surface area contributed by atoms with E-state index in [1.165, 1.54) is 0 Å². The van der Waals surface area contributed by atoms with Gasteiger partial charge < -0.3 is 15.1 Å². The minimum Gasteiger partial charge on any atom is -0.347 e. The second-order valence-electron chi connectivity index (χ2n) is 5.05. The van der Waals surface area contributed by atoms with Crippen LogP contribution in [0.3, 0.4) is 0 Å². The van der Waals surface area contributed by atoms with E-state index in [2.05, 4.69) is 17.1 Å². The Morgan fingerprint density at radius 2 is 1.63 bits per heavy atom. The summed E-state index contributed by atoms with van der Waals surface area (Å²) in [6.45, 7) is 10.7. The van der Waals surface area contributed by atoms with Crippen LogP contribution in [0.2, 0.25) is 0 Å². The molecular weight excluding hydrogens is 242 g/mol. The third-order valence-corrected chi connectivity index (χ3v) is 3.94. The van der Waals surface area contributed by atoms with Gasteiger partial charge in [0.25, 0.3) is 0 Å². The predicted molar refractivity (Wildman–Crippen MR) is 75.8 cm³/mol. The third-order valence-electron chi connectivity index (χ3n) is 3.94. The summed E-state index contributed by atoms with van der Waals surface area (Å²) >= 11 is 0. The van der Waals surface area contributed by atoms with Crippen LogP contribution in [0.15, 0.2) is 0 Å². The van der Waals surface area contributed by atoms with Crippen molar-refractivity contribution in [2.24, 2.45) is 5.92 Å². The highest BCUT2D eigenvalue weighted by Crippen LogP contribution is 2.07. The molecule has 0 atom stereocenters. The molecule has 0 unspecified atom stereocenters. The molecule has 5 nitrogen and oxygen atoms in total. The molecule has 0 aromatic rings. The third kappa shape index (κ3) is 4.82. The van der Waals surface area contributed by atoms with Crippen molar-refractivity contribution in [3.63, 3.8) is 0 Å². The van der Waals surface area contributed by atoms with Crippen LogP contribution in [0.1, 0.15) is 33.6 Å². The summed E-state index contributed by atoms with van der Waals surface area (Å²) in [5.74, 6) is 0.0744. The zero-order valence-electron chi connectivity index (χ0n) is 12.4. The number of nitrogens with one attached hydrogen (secondary N) is 1. The molecular formula is C14H27N3O2. The van der Waals surface area contributed by atoms with E-state index in [-0.39, 0.29) is 24.3 Å². The van der Waals surface area contributed by atoms with Gasteiger partial charge >= 0.3 is 0 Å². The number of rotatable bonds is 6. The molecule has 1 saturated heterocycles. The molecule has 0 saturated carbocycles. The molecule has 2 amide bonds. The highest BCUT2D eigenvalue weighted by atomic mass is 16.2. The van der Waals surface area contributed by atoms with Crippen molar-refractivity contribution >= 4 is 11.8 Å². The quantitative estimate of drug-likeness (QED) is 0.772. The Morgan fingerprint density at radius 3 is 2.11 bits per heavy atom. The van der Waals surface area contributed by atoms with E-state index in [1.54, 1.807) is 0 Å². The largest absolute Gasteiger partial charge is 0.347 e. The van der Waals surface area contributed by atoms with Gasteiger partial charge in [-0.25, -0.2) is 0 Å². The monoisotopic (exact) mass is 269 g/mol. The summed E-state index contributed by atoms with van der Waals surface area (Å²) in [5, 5.41) is 2.76. The van der Waals surface area contributed by atoms with E-state index < -0.39 is 0 Å². The fraction of sp³-hybridized carbons (Fsp3) is 0.857. The molecule has 1 aliphatic rings. The van der Waals surface area contributed by atoms with E-state index in [0.717, 1.165) is 45.6 Å². The van der Waals surface area contributed by atoms with Gasteiger partial charge in [-0.2, -0.15) is 0 Å². The first kappa shape index (κ1) is 16.0. The van der Waals surface area contributed by atoms with Crippen molar-refractivity contribution in [1.82, 2.24) is 15.1 Å². The van der Waals surface area contributed by atoms with Crippen LogP contribution < -0.4 is 5.32 Å². The van der Waals surface area contributed by atoms with E-state index >= 15 is 0 Å². The number of likely N-dealkylation sites (N-methyl/N-ethyl adjacent to an activating group) is 1. The lowest BCUT2D eigenvalue weighted by atomic mass is 10.0. The maximum atomic E-state index is 12.0. The lowest BCUT2D eigenvalue weighted by Gasteiger charge is -2.34. The molecule has 1 heterocycles. The first-order valence-electron chi connectivity index (χ1n) is 7.40. The molecule has 19 heavy (non-hydrogen) atoms. The lowest BCUT2D eigenvalue weighted by molar-refractivity contribution is -0.135. The fourth-order valence-corrected chi connectivity index (χ4v) is 2.39. The Hall–Kier alpha value is -1.10. The maximum Gasteiger partial charge on any atom is 0.242 e. The smallest absolute Gasteiger partial charge is 0.242 e. The maximum absolute atomic E-state index is 12.0. The van der Waals surface area contributed by atoms with Gasteiger partial charge in [0.15, 0.2) is 0 Å². The van der Waals surface area contributed by atoms with Crippen molar-refractivity contribution in [1.29, 1.82) is 0 Å². The molecule has 0 aliphatic carbocycles. The number of hydrogen-bond donors (Lipinski definition) is 1. The fourth-order valence-electron chi connectivity index (χ4n) is 2.39. The van der Waals surface area contributed by atoms with Gasteiger partial charge in [0.05, 0.1) is 6.54 Å². The van der Waals surface area contributed by atoms with Crippen LogP contribution in [0.5, 0.6) is 0 Å². The molecule has 0 aromatic heterocycles. The van der Waals surface area contributed by atoms with Crippen molar-refractivity contribution in [3.8, 4) is 0 Å². The normalized spacial score (nSPS) is 16.7. The van der Waals surface area contributed by atoms with Gasteiger partial charge in [-0.15, -0.1) is 0 Å². The molecule has 1 fully saturated rings. The zero-order valence-corrected chi connectivity index (χ0v) is 12.4. The predicted octanol–water partition coefficient (Wildman–Crippen LogP) is 0.703.